The molecule has 2 rings (SSSR count). The molecule has 0 spiro atoms. The highest BCUT2D eigenvalue weighted by Gasteiger charge is 2.03. The molecule has 1 aromatic carbocycles. The average Bonchev–Trinajstić information content (AvgIpc) is 2.38. The summed E-state index contributed by atoms with van der Waals surface area (Å²) in [6.07, 6.45) is 1.64. The Balaban J connectivity index is 2.06. The van der Waals surface area contributed by atoms with E-state index in [1.165, 1.54) is 12.1 Å². The van der Waals surface area contributed by atoms with Crippen LogP contribution >= 0.6 is 0 Å². The number of hydrogen-bond acceptors (Lipinski definition) is 4. The molecule has 3 N–H and O–H groups in total. The monoisotopic (exact) mass is 247 g/mol. The van der Waals surface area contributed by atoms with Gasteiger partial charge in [0.1, 0.15) is 18.2 Å². The Labute approximate surface area is 105 Å². The minimum atomic E-state index is -0.271. The molecular formula is C13H14FN3O. The van der Waals surface area contributed by atoms with Gasteiger partial charge in [0.15, 0.2) is 0 Å². The lowest BCUT2D eigenvalue weighted by molar-refractivity contribution is 0.299. The molecule has 1 heterocycles. The van der Waals surface area contributed by atoms with Crippen molar-refractivity contribution in [2.24, 2.45) is 5.84 Å². The lowest BCUT2D eigenvalue weighted by Crippen LogP contribution is -2.08. The molecule has 0 radical (unpaired) electrons. The summed E-state index contributed by atoms with van der Waals surface area (Å²) in [6, 6.07) is 7.95. The van der Waals surface area contributed by atoms with Crippen LogP contribution in [0, 0.1) is 12.7 Å². The zero-order valence-corrected chi connectivity index (χ0v) is 9.98. The molecule has 0 aliphatic heterocycles. The molecule has 94 valence electrons. The molecule has 0 fully saturated rings. The third-order valence-electron chi connectivity index (χ3n) is 2.50. The first-order chi connectivity index (χ1) is 8.69. The second kappa shape index (κ2) is 5.46. The molecule has 5 heteroatoms. The fourth-order valence-electron chi connectivity index (χ4n) is 1.57. The first-order valence-corrected chi connectivity index (χ1v) is 5.49. The van der Waals surface area contributed by atoms with Crippen LogP contribution in [0.5, 0.6) is 5.75 Å². The number of nitrogens with zero attached hydrogens (tertiary/aromatic N) is 1. The number of nitrogen functional groups attached to an aromatic ring is 1. The highest BCUT2D eigenvalue weighted by molar-refractivity contribution is 5.41. The maximum atomic E-state index is 12.9. The van der Waals surface area contributed by atoms with Gasteiger partial charge >= 0.3 is 0 Å². The van der Waals surface area contributed by atoms with Gasteiger partial charge in [-0.1, -0.05) is 0 Å². The summed E-state index contributed by atoms with van der Waals surface area (Å²) in [6.45, 7) is 2.10. The van der Waals surface area contributed by atoms with Gasteiger partial charge in [0, 0.05) is 6.20 Å². The molecule has 2 aromatic rings. The second-order valence-corrected chi connectivity index (χ2v) is 3.88. The number of nitrogens with two attached hydrogens (primary N) is 1. The van der Waals surface area contributed by atoms with Gasteiger partial charge in [-0.25, -0.2) is 4.39 Å². The highest BCUT2D eigenvalue weighted by atomic mass is 19.1. The maximum Gasteiger partial charge on any atom is 0.130 e. The largest absolute Gasteiger partial charge is 0.487 e. The lowest BCUT2D eigenvalue weighted by Gasteiger charge is -2.09. The van der Waals surface area contributed by atoms with Crippen molar-refractivity contribution < 1.29 is 9.13 Å². The summed E-state index contributed by atoms with van der Waals surface area (Å²) in [5, 5.41) is 0. The number of anilines is 1. The first kappa shape index (κ1) is 12.3. The van der Waals surface area contributed by atoms with E-state index in [-0.39, 0.29) is 5.82 Å². The molecule has 18 heavy (non-hydrogen) atoms. The van der Waals surface area contributed by atoms with Crippen molar-refractivity contribution in [2.45, 2.75) is 13.5 Å². The van der Waals surface area contributed by atoms with Gasteiger partial charge in [-0.15, -0.1) is 0 Å². The van der Waals surface area contributed by atoms with Crippen LogP contribution in [0.25, 0.3) is 0 Å². The highest BCUT2D eigenvalue weighted by Crippen LogP contribution is 2.19. The van der Waals surface area contributed by atoms with Crippen LogP contribution in [-0.4, -0.2) is 4.98 Å². The van der Waals surface area contributed by atoms with Crippen LogP contribution in [0.4, 0.5) is 10.1 Å². The normalized spacial score (nSPS) is 10.2. The van der Waals surface area contributed by atoms with Gasteiger partial charge in [0.2, 0.25) is 0 Å². The molecule has 0 bridgehead atoms. The van der Waals surface area contributed by atoms with Crippen LogP contribution in [0.2, 0.25) is 0 Å². The number of benzene rings is 1. The van der Waals surface area contributed by atoms with Crippen molar-refractivity contribution >= 4 is 5.69 Å². The number of aryl methyl sites for hydroxylation is 1. The van der Waals surface area contributed by atoms with Crippen LogP contribution < -0.4 is 16.0 Å². The van der Waals surface area contributed by atoms with E-state index >= 15 is 0 Å². The smallest absolute Gasteiger partial charge is 0.130 e. The van der Waals surface area contributed by atoms with Crippen molar-refractivity contribution in [1.29, 1.82) is 0 Å². The Hall–Kier alpha value is -2.14. The maximum absolute atomic E-state index is 12.9. The lowest BCUT2D eigenvalue weighted by atomic mass is 10.2. The van der Waals surface area contributed by atoms with Gasteiger partial charge in [-0.05, 0) is 42.8 Å². The molecule has 0 amide bonds. The SMILES string of the molecule is Cc1cc(F)ccc1OCc1cc(NN)ccn1. The Bertz CT molecular complexity index is 546. The van der Waals surface area contributed by atoms with E-state index in [9.17, 15) is 4.39 Å². The average molecular weight is 247 g/mol. The summed E-state index contributed by atoms with van der Waals surface area (Å²) in [4.78, 5) is 4.16. The zero-order valence-electron chi connectivity index (χ0n) is 9.98. The fraction of sp³-hybridized carbons (Fsp3) is 0.154. The van der Waals surface area contributed by atoms with E-state index in [0.29, 0.717) is 12.4 Å². The standard InChI is InChI=1S/C13H14FN3O/c1-9-6-10(14)2-3-13(9)18-8-12-7-11(17-15)4-5-16-12/h2-7H,8,15H2,1H3,(H,16,17). The number of pyridine rings is 1. The van der Waals surface area contributed by atoms with E-state index < -0.39 is 0 Å². The minimum absolute atomic E-state index is 0.271. The van der Waals surface area contributed by atoms with Gasteiger partial charge in [0.25, 0.3) is 0 Å². The molecule has 1 aromatic heterocycles. The van der Waals surface area contributed by atoms with Crippen molar-refractivity contribution in [3.8, 4) is 5.75 Å². The number of nitrogens with one attached hydrogen (secondary N) is 1. The fourth-order valence-corrected chi connectivity index (χ4v) is 1.57. The third-order valence-corrected chi connectivity index (χ3v) is 2.50. The quantitative estimate of drug-likeness (QED) is 0.643. The van der Waals surface area contributed by atoms with Crippen molar-refractivity contribution in [1.82, 2.24) is 4.98 Å². The van der Waals surface area contributed by atoms with Crippen LogP contribution in [0.3, 0.4) is 0 Å². The van der Waals surface area contributed by atoms with Gasteiger partial charge in [-0.3, -0.25) is 10.8 Å². The van der Waals surface area contributed by atoms with Crippen LogP contribution in [0.1, 0.15) is 11.3 Å². The minimum Gasteiger partial charge on any atom is -0.487 e. The van der Waals surface area contributed by atoms with Crippen LogP contribution in [0.15, 0.2) is 36.5 Å². The molecule has 0 atom stereocenters. The predicted octanol–water partition coefficient (Wildman–Crippen LogP) is 2.39. The summed E-state index contributed by atoms with van der Waals surface area (Å²) >= 11 is 0. The van der Waals surface area contributed by atoms with Gasteiger partial charge < -0.3 is 10.2 Å². The molecule has 4 nitrogen and oxygen atoms in total. The molecule has 0 unspecified atom stereocenters. The summed E-state index contributed by atoms with van der Waals surface area (Å²) in [5.41, 5.74) is 4.80. The first-order valence-electron chi connectivity index (χ1n) is 5.49. The topological polar surface area (TPSA) is 60.2 Å². The summed E-state index contributed by atoms with van der Waals surface area (Å²) < 4.78 is 18.5. The van der Waals surface area contributed by atoms with Crippen molar-refractivity contribution in [3.63, 3.8) is 0 Å². The van der Waals surface area contributed by atoms with Crippen LogP contribution in [-0.2, 0) is 6.61 Å². The number of halogens is 1. The summed E-state index contributed by atoms with van der Waals surface area (Å²) in [5.74, 6) is 5.68. The van der Waals surface area contributed by atoms with Crippen molar-refractivity contribution in [2.75, 3.05) is 5.43 Å². The number of ether oxygens (including phenoxy) is 1. The molecule has 0 aliphatic rings. The Morgan fingerprint density at radius 1 is 1.33 bits per heavy atom. The van der Waals surface area contributed by atoms with E-state index in [1.807, 2.05) is 0 Å². The Morgan fingerprint density at radius 3 is 2.89 bits per heavy atom. The van der Waals surface area contributed by atoms with E-state index in [2.05, 4.69) is 10.4 Å². The number of hydrazine groups is 1. The third kappa shape index (κ3) is 2.95. The zero-order chi connectivity index (χ0) is 13.0. The van der Waals surface area contributed by atoms with E-state index in [1.54, 1.807) is 31.3 Å². The molecule has 0 saturated carbocycles. The predicted molar refractivity (Wildman–Crippen MR) is 67.5 cm³/mol. The molecule has 0 aliphatic carbocycles. The summed E-state index contributed by atoms with van der Waals surface area (Å²) in [7, 11) is 0. The van der Waals surface area contributed by atoms with Gasteiger partial charge in [0.05, 0.1) is 11.4 Å². The Morgan fingerprint density at radius 2 is 2.17 bits per heavy atom. The Kier molecular flexibility index (Phi) is 3.74. The number of rotatable bonds is 4. The molecule has 0 saturated heterocycles. The van der Waals surface area contributed by atoms with Crippen molar-refractivity contribution in [3.05, 3.63) is 53.6 Å². The van der Waals surface area contributed by atoms with Gasteiger partial charge in [-0.2, -0.15) is 0 Å². The van der Waals surface area contributed by atoms with E-state index in [0.717, 1.165) is 16.9 Å². The van der Waals surface area contributed by atoms with E-state index in [4.69, 9.17) is 10.6 Å². The number of aromatic nitrogens is 1. The second-order valence-electron chi connectivity index (χ2n) is 3.88. The number of hydrogen-bond donors (Lipinski definition) is 2. The molecular weight excluding hydrogens is 233 g/mol.